The van der Waals surface area contributed by atoms with Gasteiger partial charge < -0.3 is 0 Å². The van der Waals surface area contributed by atoms with E-state index in [0.717, 1.165) is 6.42 Å². The normalized spacial score (nSPS) is 14.0. The molecule has 3 rings (SSSR count). The van der Waals surface area contributed by atoms with Crippen LogP contribution in [0, 0.1) is 6.07 Å². The fraction of sp³-hybridized carbons (Fsp3) is 0.429. The van der Waals surface area contributed by atoms with E-state index < -0.39 is 0 Å². The largest absolute Gasteiger partial charge is 0.0616 e. The number of hydrogen-bond acceptors (Lipinski definition) is 0. The summed E-state index contributed by atoms with van der Waals surface area (Å²) in [6.45, 7) is 13.8. The van der Waals surface area contributed by atoms with Crippen LogP contribution < -0.4 is 0 Å². The van der Waals surface area contributed by atoms with Gasteiger partial charge in [-0.25, -0.2) is 0 Å². The van der Waals surface area contributed by atoms with Gasteiger partial charge in [-0.2, -0.15) is 0 Å². The maximum atomic E-state index is 3.49. The summed E-state index contributed by atoms with van der Waals surface area (Å²) in [6.07, 6.45) is 1.03. The van der Waals surface area contributed by atoms with Crippen molar-refractivity contribution in [3.63, 3.8) is 0 Å². The van der Waals surface area contributed by atoms with Gasteiger partial charge in [0.05, 0.1) is 0 Å². The van der Waals surface area contributed by atoms with E-state index in [0.29, 0.717) is 0 Å². The van der Waals surface area contributed by atoms with Gasteiger partial charge in [-0.3, -0.25) is 0 Å². The summed E-state index contributed by atoms with van der Waals surface area (Å²) in [4.78, 5) is 0. The Bertz CT molecular complexity index is 629. The van der Waals surface area contributed by atoms with E-state index in [1.807, 2.05) is 0 Å². The standard InChI is InChI=1S/C21H25/c1-20(2,3)16-11-7-9-14-13-15-10-8-12-17(21(4,5)6)19(15)18(14)16/h7-9,11-12H,13H2,1-6H3. The highest BCUT2D eigenvalue weighted by atomic mass is 14.3. The molecule has 0 aliphatic heterocycles. The van der Waals surface area contributed by atoms with Crippen molar-refractivity contribution in [2.24, 2.45) is 0 Å². The molecule has 1 aliphatic carbocycles. The predicted molar refractivity (Wildman–Crippen MR) is 90.9 cm³/mol. The fourth-order valence-electron chi connectivity index (χ4n) is 3.45. The monoisotopic (exact) mass is 277 g/mol. The summed E-state index contributed by atoms with van der Waals surface area (Å²) >= 11 is 0. The van der Waals surface area contributed by atoms with Gasteiger partial charge >= 0.3 is 0 Å². The second-order valence-corrected chi connectivity index (χ2v) is 8.26. The molecule has 0 nitrogen and oxygen atoms in total. The van der Waals surface area contributed by atoms with Gasteiger partial charge in [-0.15, -0.1) is 0 Å². The lowest BCUT2D eigenvalue weighted by atomic mass is 9.77. The first-order valence-electron chi connectivity index (χ1n) is 7.86. The van der Waals surface area contributed by atoms with Gasteiger partial charge in [0.2, 0.25) is 0 Å². The molecule has 21 heavy (non-hydrogen) atoms. The van der Waals surface area contributed by atoms with Gasteiger partial charge in [0.1, 0.15) is 0 Å². The third-order valence-corrected chi connectivity index (χ3v) is 4.46. The zero-order chi connectivity index (χ0) is 15.4. The lowest BCUT2D eigenvalue weighted by molar-refractivity contribution is 0.585. The van der Waals surface area contributed by atoms with Crippen molar-refractivity contribution < 1.29 is 0 Å². The summed E-state index contributed by atoms with van der Waals surface area (Å²) in [5.74, 6) is 0. The van der Waals surface area contributed by atoms with Crippen LogP contribution in [0.2, 0.25) is 0 Å². The van der Waals surface area contributed by atoms with Gasteiger partial charge in [0.25, 0.3) is 0 Å². The first-order chi connectivity index (χ1) is 9.69. The average molecular weight is 277 g/mol. The Morgan fingerprint density at radius 2 is 1.43 bits per heavy atom. The van der Waals surface area contributed by atoms with E-state index in [1.54, 1.807) is 0 Å². The molecule has 0 spiro atoms. The zero-order valence-corrected chi connectivity index (χ0v) is 14.1. The topological polar surface area (TPSA) is 0 Å². The third-order valence-electron chi connectivity index (χ3n) is 4.46. The molecule has 0 heterocycles. The molecule has 0 amide bonds. The van der Waals surface area contributed by atoms with Crippen LogP contribution in [0.3, 0.4) is 0 Å². The second-order valence-electron chi connectivity index (χ2n) is 8.26. The highest BCUT2D eigenvalue weighted by molar-refractivity contribution is 5.83. The third kappa shape index (κ3) is 2.31. The van der Waals surface area contributed by atoms with Crippen LogP contribution in [0.1, 0.15) is 63.8 Å². The van der Waals surface area contributed by atoms with Crippen molar-refractivity contribution in [1.29, 1.82) is 0 Å². The van der Waals surface area contributed by atoms with Crippen LogP contribution in [0.5, 0.6) is 0 Å². The Balaban J connectivity index is 2.36. The van der Waals surface area contributed by atoms with E-state index in [-0.39, 0.29) is 10.8 Å². The zero-order valence-electron chi connectivity index (χ0n) is 14.1. The van der Waals surface area contributed by atoms with Crippen molar-refractivity contribution in [3.05, 3.63) is 58.7 Å². The van der Waals surface area contributed by atoms with E-state index >= 15 is 0 Å². The van der Waals surface area contributed by atoms with Crippen molar-refractivity contribution in [2.45, 2.75) is 58.8 Å². The summed E-state index contributed by atoms with van der Waals surface area (Å²) in [6, 6.07) is 14.6. The quantitative estimate of drug-likeness (QED) is 0.498. The summed E-state index contributed by atoms with van der Waals surface area (Å²) < 4.78 is 0. The maximum absolute atomic E-state index is 3.49. The molecule has 1 aliphatic rings. The summed E-state index contributed by atoms with van der Waals surface area (Å²) in [5, 5.41) is 0. The Kier molecular flexibility index (Phi) is 3.06. The Morgan fingerprint density at radius 1 is 0.810 bits per heavy atom. The van der Waals surface area contributed by atoms with Crippen LogP contribution >= 0.6 is 0 Å². The molecule has 2 aromatic rings. The van der Waals surface area contributed by atoms with E-state index in [9.17, 15) is 0 Å². The van der Waals surface area contributed by atoms with E-state index in [4.69, 9.17) is 0 Å². The molecule has 0 bridgehead atoms. The van der Waals surface area contributed by atoms with Crippen LogP contribution in [0.4, 0.5) is 0 Å². The number of rotatable bonds is 0. The van der Waals surface area contributed by atoms with Crippen molar-refractivity contribution in [3.8, 4) is 11.1 Å². The number of fused-ring (bicyclic) bond motifs is 3. The Morgan fingerprint density at radius 3 is 2.05 bits per heavy atom. The number of benzene rings is 2. The van der Waals surface area contributed by atoms with Gasteiger partial charge in [-0.1, -0.05) is 71.9 Å². The van der Waals surface area contributed by atoms with Crippen LogP contribution in [-0.4, -0.2) is 0 Å². The van der Waals surface area contributed by atoms with Crippen molar-refractivity contribution in [1.82, 2.24) is 0 Å². The second kappa shape index (κ2) is 4.47. The molecule has 2 aromatic carbocycles. The predicted octanol–water partition coefficient (Wildman–Crippen LogP) is 5.65. The molecule has 0 unspecified atom stereocenters. The molecule has 0 atom stereocenters. The molecule has 0 N–H and O–H groups in total. The lowest BCUT2D eigenvalue weighted by Crippen LogP contribution is -2.16. The van der Waals surface area contributed by atoms with E-state index in [1.165, 1.54) is 33.4 Å². The first-order valence-corrected chi connectivity index (χ1v) is 7.86. The van der Waals surface area contributed by atoms with Crippen molar-refractivity contribution >= 4 is 0 Å². The molecule has 0 saturated carbocycles. The number of hydrogen-bond donors (Lipinski definition) is 0. The summed E-state index contributed by atoms with van der Waals surface area (Å²) in [5.41, 5.74) is 8.99. The molecule has 0 heteroatoms. The molecular weight excluding hydrogens is 252 g/mol. The minimum Gasteiger partial charge on any atom is -0.0616 e. The highest BCUT2D eigenvalue weighted by Gasteiger charge is 2.31. The van der Waals surface area contributed by atoms with Gasteiger partial charge in [0, 0.05) is 0 Å². The Hall–Kier alpha value is -1.56. The molecule has 0 fully saturated rings. The molecule has 109 valence electrons. The smallest absolute Gasteiger partial charge is 0.000707 e. The highest BCUT2D eigenvalue weighted by Crippen LogP contribution is 2.46. The van der Waals surface area contributed by atoms with Crippen LogP contribution in [0.25, 0.3) is 11.1 Å². The molecule has 0 saturated heterocycles. The Labute approximate surface area is 129 Å². The molecule has 0 aromatic heterocycles. The van der Waals surface area contributed by atoms with Crippen LogP contribution in [0.15, 0.2) is 30.3 Å². The maximum Gasteiger partial charge on any atom is -0.000707 e. The minimum atomic E-state index is 0.159. The SMILES string of the molecule is CC(C)(C)c1cc[c]c2c1-c1c(cccc1C(C)(C)C)C2. The van der Waals surface area contributed by atoms with Gasteiger partial charge in [-0.05, 0) is 56.7 Å². The van der Waals surface area contributed by atoms with Gasteiger partial charge in [0.15, 0.2) is 0 Å². The van der Waals surface area contributed by atoms with Crippen LogP contribution in [-0.2, 0) is 17.3 Å². The average Bonchev–Trinajstić information content (AvgIpc) is 2.74. The fourth-order valence-corrected chi connectivity index (χ4v) is 3.45. The molecular formula is C21H25. The minimum absolute atomic E-state index is 0.159. The van der Waals surface area contributed by atoms with E-state index in [2.05, 4.69) is 77.9 Å². The molecule has 1 radical (unpaired) electrons. The summed E-state index contributed by atoms with van der Waals surface area (Å²) in [7, 11) is 0. The lowest BCUT2D eigenvalue weighted by Gasteiger charge is -2.27. The first kappa shape index (κ1) is 14.4. The van der Waals surface area contributed by atoms with Crippen molar-refractivity contribution in [2.75, 3.05) is 0 Å².